The standard InChI is InChI=1S/C20H22N2O2/c1-4-24-20-19(14-16-8-6-5-7-9-16)15(2)22(21-20)17-10-12-18(23-3)13-11-17/h5-13H,4,14H2,1-3H3. The largest absolute Gasteiger partial charge is 0.497 e. The first-order valence-electron chi connectivity index (χ1n) is 8.12. The Hall–Kier alpha value is -2.75. The molecule has 0 bridgehead atoms. The van der Waals surface area contributed by atoms with Crippen LogP contribution in [0.3, 0.4) is 0 Å². The predicted molar refractivity (Wildman–Crippen MR) is 95.3 cm³/mol. The van der Waals surface area contributed by atoms with Crippen LogP contribution in [0.25, 0.3) is 5.69 Å². The number of nitrogens with zero attached hydrogens (tertiary/aromatic N) is 2. The minimum absolute atomic E-state index is 0.598. The van der Waals surface area contributed by atoms with Crippen molar-refractivity contribution < 1.29 is 9.47 Å². The molecule has 124 valence electrons. The maximum absolute atomic E-state index is 5.78. The molecule has 0 aliphatic rings. The molecule has 0 atom stereocenters. The summed E-state index contributed by atoms with van der Waals surface area (Å²) < 4.78 is 12.9. The van der Waals surface area contributed by atoms with Gasteiger partial charge in [-0.05, 0) is 43.7 Å². The van der Waals surface area contributed by atoms with Crippen molar-refractivity contribution in [3.63, 3.8) is 0 Å². The highest BCUT2D eigenvalue weighted by Gasteiger charge is 2.17. The highest BCUT2D eigenvalue weighted by atomic mass is 16.5. The maximum Gasteiger partial charge on any atom is 0.237 e. The van der Waals surface area contributed by atoms with Gasteiger partial charge < -0.3 is 9.47 Å². The van der Waals surface area contributed by atoms with Gasteiger partial charge in [0.1, 0.15) is 5.75 Å². The van der Waals surface area contributed by atoms with Crippen LogP contribution < -0.4 is 9.47 Å². The third-order valence-corrected chi connectivity index (χ3v) is 4.03. The maximum atomic E-state index is 5.78. The Morgan fingerprint density at radius 3 is 2.33 bits per heavy atom. The minimum atomic E-state index is 0.598. The molecule has 1 aromatic heterocycles. The summed E-state index contributed by atoms with van der Waals surface area (Å²) in [6, 6.07) is 18.3. The average Bonchev–Trinajstić information content (AvgIpc) is 2.93. The Morgan fingerprint density at radius 2 is 1.71 bits per heavy atom. The Labute approximate surface area is 142 Å². The Balaban J connectivity index is 2.00. The molecule has 1 heterocycles. The number of ether oxygens (including phenoxy) is 2. The smallest absolute Gasteiger partial charge is 0.237 e. The third-order valence-electron chi connectivity index (χ3n) is 4.03. The van der Waals surface area contributed by atoms with Gasteiger partial charge in [0, 0.05) is 17.7 Å². The lowest BCUT2D eigenvalue weighted by molar-refractivity contribution is 0.321. The van der Waals surface area contributed by atoms with Crippen molar-refractivity contribution in [1.29, 1.82) is 0 Å². The van der Waals surface area contributed by atoms with Gasteiger partial charge >= 0.3 is 0 Å². The fourth-order valence-electron chi connectivity index (χ4n) is 2.74. The molecule has 2 aromatic carbocycles. The monoisotopic (exact) mass is 322 g/mol. The molecule has 4 heteroatoms. The summed E-state index contributed by atoms with van der Waals surface area (Å²) in [4.78, 5) is 0. The van der Waals surface area contributed by atoms with Crippen molar-refractivity contribution in [2.45, 2.75) is 20.3 Å². The normalized spacial score (nSPS) is 10.6. The molecule has 0 N–H and O–H groups in total. The van der Waals surface area contributed by atoms with Gasteiger partial charge in [-0.25, -0.2) is 4.68 Å². The summed E-state index contributed by atoms with van der Waals surface area (Å²) in [7, 11) is 1.67. The number of methoxy groups -OCH3 is 1. The van der Waals surface area contributed by atoms with E-state index in [1.807, 2.05) is 41.9 Å². The van der Waals surface area contributed by atoms with Crippen LogP contribution >= 0.6 is 0 Å². The van der Waals surface area contributed by atoms with Crippen LogP contribution in [0.1, 0.15) is 23.7 Å². The summed E-state index contributed by atoms with van der Waals surface area (Å²) >= 11 is 0. The molecule has 3 rings (SSSR count). The molecule has 3 aromatic rings. The lowest BCUT2D eigenvalue weighted by Gasteiger charge is -2.06. The minimum Gasteiger partial charge on any atom is -0.497 e. The van der Waals surface area contributed by atoms with Crippen molar-refractivity contribution in [2.75, 3.05) is 13.7 Å². The van der Waals surface area contributed by atoms with Gasteiger partial charge in [-0.1, -0.05) is 30.3 Å². The first-order chi connectivity index (χ1) is 11.7. The summed E-state index contributed by atoms with van der Waals surface area (Å²) in [6.45, 7) is 4.66. The van der Waals surface area contributed by atoms with Crippen molar-refractivity contribution >= 4 is 0 Å². The Morgan fingerprint density at radius 1 is 1.00 bits per heavy atom. The van der Waals surface area contributed by atoms with Crippen molar-refractivity contribution in [3.05, 3.63) is 71.4 Å². The topological polar surface area (TPSA) is 36.3 Å². The molecule has 0 aliphatic carbocycles. The summed E-state index contributed by atoms with van der Waals surface area (Å²) in [5, 5.41) is 4.68. The fourth-order valence-corrected chi connectivity index (χ4v) is 2.74. The van der Waals surface area contributed by atoms with Crippen molar-refractivity contribution in [3.8, 4) is 17.3 Å². The van der Waals surface area contributed by atoms with Gasteiger partial charge in [-0.15, -0.1) is 5.10 Å². The molecule has 0 fully saturated rings. The zero-order chi connectivity index (χ0) is 16.9. The van der Waals surface area contributed by atoms with E-state index in [2.05, 4.69) is 36.3 Å². The molecular formula is C20H22N2O2. The van der Waals surface area contributed by atoms with Crippen LogP contribution in [-0.2, 0) is 6.42 Å². The average molecular weight is 322 g/mol. The van der Waals surface area contributed by atoms with Crippen LogP contribution in [0.2, 0.25) is 0 Å². The second kappa shape index (κ2) is 7.21. The zero-order valence-electron chi connectivity index (χ0n) is 14.3. The van der Waals surface area contributed by atoms with Crippen LogP contribution in [0.5, 0.6) is 11.6 Å². The van der Waals surface area contributed by atoms with Crippen LogP contribution in [0.15, 0.2) is 54.6 Å². The molecule has 24 heavy (non-hydrogen) atoms. The van der Waals surface area contributed by atoms with Gasteiger partial charge in [-0.2, -0.15) is 0 Å². The van der Waals surface area contributed by atoms with Crippen LogP contribution in [0.4, 0.5) is 0 Å². The quantitative estimate of drug-likeness (QED) is 0.683. The highest BCUT2D eigenvalue weighted by Crippen LogP contribution is 2.27. The van der Waals surface area contributed by atoms with E-state index in [-0.39, 0.29) is 0 Å². The third kappa shape index (κ3) is 3.27. The van der Waals surface area contributed by atoms with Gasteiger partial charge in [0.15, 0.2) is 0 Å². The van der Waals surface area contributed by atoms with Crippen molar-refractivity contribution in [2.24, 2.45) is 0 Å². The second-order valence-electron chi connectivity index (χ2n) is 5.57. The van der Waals surface area contributed by atoms with E-state index >= 15 is 0 Å². The first kappa shape index (κ1) is 16.1. The Bertz CT molecular complexity index is 793. The Kier molecular flexibility index (Phi) is 4.85. The SMILES string of the molecule is CCOc1nn(-c2ccc(OC)cc2)c(C)c1Cc1ccccc1. The zero-order valence-corrected chi connectivity index (χ0v) is 14.3. The molecule has 0 saturated carbocycles. The number of hydrogen-bond donors (Lipinski definition) is 0. The molecule has 0 spiro atoms. The number of hydrogen-bond acceptors (Lipinski definition) is 3. The van der Waals surface area contributed by atoms with E-state index in [0.29, 0.717) is 12.5 Å². The van der Waals surface area contributed by atoms with Crippen LogP contribution in [0, 0.1) is 6.92 Å². The van der Waals surface area contributed by atoms with Crippen LogP contribution in [-0.4, -0.2) is 23.5 Å². The van der Waals surface area contributed by atoms with Gasteiger partial charge in [0.25, 0.3) is 0 Å². The van der Waals surface area contributed by atoms with Gasteiger partial charge in [0.2, 0.25) is 5.88 Å². The van der Waals surface area contributed by atoms with Gasteiger partial charge in [0.05, 0.1) is 19.4 Å². The molecule has 0 unspecified atom stereocenters. The van der Waals surface area contributed by atoms with E-state index in [0.717, 1.165) is 29.1 Å². The predicted octanol–water partition coefficient (Wildman–Crippen LogP) is 4.18. The molecule has 0 amide bonds. The van der Waals surface area contributed by atoms with E-state index in [9.17, 15) is 0 Å². The fraction of sp³-hybridized carbons (Fsp3) is 0.250. The lowest BCUT2D eigenvalue weighted by Crippen LogP contribution is -2.00. The van der Waals surface area contributed by atoms with Crippen molar-refractivity contribution in [1.82, 2.24) is 9.78 Å². The second-order valence-corrected chi connectivity index (χ2v) is 5.57. The molecular weight excluding hydrogens is 300 g/mol. The number of benzene rings is 2. The van der Waals surface area contributed by atoms with Gasteiger partial charge in [-0.3, -0.25) is 0 Å². The summed E-state index contributed by atoms with van der Waals surface area (Å²) in [5.41, 5.74) is 4.45. The number of aromatic nitrogens is 2. The lowest BCUT2D eigenvalue weighted by atomic mass is 10.1. The summed E-state index contributed by atoms with van der Waals surface area (Å²) in [6.07, 6.45) is 0.804. The molecule has 0 saturated heterocycles. The highest BCUT2D eigenvalue weighted by molar-refractivity contribution is 5.43. The molecule has 4 nitrogen and oxygen atoms in total. The first-order valence-corrected chi connectivity index (χ1v) is 8.12. The molecule has 0 radical (unpaired) electrons. The number of rotatable bonds is 6. The van der Waals surface area contributed by atoms with E-state index in [1.165, 1.54) is 5.56 Å². The van der Waals surface area contributed by atoms with E-state index in [4.69, 9.17) is 9.47 Å². The van der Waals surface area contributed by atoms with E-state index < -0.39 is 0 Å². The summed E-state index contributed by atoms with van der Waals surface area (Å²) in [5.74, 6) is 1.53. The molecule has 0 aliphatic heterocycles. The van der Waals surface area contributed by atoms with E-state index in [1.54, 1.807) is 7.11 Å².